The standard InChI is InChI=1S/C15H13ClF2O2/c1-9(19)11-7-10(17)5-6-15(11)20-8-12-13(16)3-2-4-14(12)18/h2-7,9,19H,8H2,1H3/t9-/m0/s1. The summed E-state index contributed by atoms with van der Waals surface area (Å²) in [6.07, 6.45) is -0.892. The molecule has 106 valence electrons. The van der Waals surface area contributed by atoms with Crippen molar-refractivity contribution in [1.29, 1.82) is 0 Å². The fourth-order valence-electron chi connectivity index (χ4n) is 1.80. The third-order valence-electron chi connectivity index (χ3n) is 2.86. The lowest BCUT2D eigenvalue weighted by molar-refractivity contribution is 0.189. The summed E-state index contributed by atoms with van der Waals surface area (Å²) < 4.78 is 32.2. The van der Waals surface area contributed by atoms with Crippen LogP contribution in [0, 0.1) is 11.6 Å². The molecule has 0 amide bonds. The zero-order valence-corrected chi connectivity index (χ0v) is 11.5. The highest BCUT2D eigenvalue weighted by molar-refractivity contribution is 6.31. The second-order valence-electron chi connectivity index (χ2n) is 4.35. The van der Waals surface area contributed by atoms with E-state index >= 15 is 0 Å². The van der Waals surface area contributed by atoms with Crippen LogP contribution in [0.25, 0.3) is 0 Å². The molecule has 0 spiro atoms. The topological polar surface area (TPSA) is 29.5 Å². The third-order valence-corrected chi connectivity index (χ3v) is 3.21. The molecule has 2 nitrogen and oxygen atoms in total. The van der Waals surface area contributed by atoms with Crippen LogP contribution < -0.4 is 4.74 Å². The van der Waals surface area contributed by atoms with Gasteiger partial charge in [-0.1, -0.05) is 17.7 Å². The van der Waals surface area contributed by atoms with Crippen LogP contribution in [0.15, 0.2) is 36.4 Å². The summed E-state index contributed by atoms with van der Waals surface area (Å²) in [6.45, 7) is 1.40. The number of aliphatic hydroxyl groups is 1. The minimum absolute atomic E-state index is 0.100. The maximum absolute atomic E-state index is 13.6. The zero-order chi connectivity index (χ0) is 14.7. The molecule has 0 aliphatic carbocycles. The molecule has 1 atom stereocenters. The average Bonchev–Trinajstić information content (AvgIpc) is 2.39. The van der Waals surface area contributed by atoms with Crippen LogP contribution in [0.4, 0.5) is 8.78 Å². The maximum atomic E-state index is 13.6. The monoisotopic (exact) mass is 298 g/mol. The molecule has 0 radical (unpaired) electrons. The summed E-state index contributed by atoms with van der Waals surface area (Å²) in [5, 5.41) is 9.84. The van der Waals surface area contributed by atoms with Gasteiger partial charge < -0.3 is 9.84 Å². The molecule has 2 rings (SSSR count). The smallest absolute Gasteiger partial charge is 0.131 e. The summed E-state index contributed by atoms with van der Waals surface area (Å²) in [7, 11) is 0. The van der Waals surface area contributed by atoms with Crippen LogP contribution in [-0.2, 0) is 6.61 Å². The maximum Gasteiger partial charge on any atom is 0.131 e. The Morgan fingerprint density at radius 2 is 2.00 bits per heavy atom. The first kappa shape index (κ1) is 14.8. The number of benzene rings is 2. The average molecular weight is 299 g/mol. The van der Waals surface area contributed by atoms with Crippen molar-refractivity contribution in [2.75, 3.05) is 0 Å². The number of rotatable bonds is 4. The van der Waals surface area contributed by atoms with Gasteiger partial charge in [0.05, 0.1) is 11.1 Å². The molecule has 0 heterocycles. The van der Waals surface area contributed by atoms with Gasteiger partial charge >= 0.3 is 0 Å². The lowest BCUT2D eigenvalue weighted by Crippen LogP contribution is -2.03. The van der Waals surface area contributed by atoms with Gasteiger partial charge in [0.1, 0.15) is 24.0 Å². The summed E-state index contributed by atoms with van der Waals surface area (Å²) in [5.41, 5.74) is 0.521. The number of aliphatic hydroxyl groups excluding tert-OH is 1. The predicted octanol–water partition coefficient (Wildman–Crippen LogP) is 4.25. The first-order valence-corrected chi connectivity index (χ1v) is 6.40. The van der Waals surface area contributed by atoms with E-state index in [1.807, 2.05) is 0 Å². The zero-order valence-electron chi connectivity index (χ0n) is 10.7. The predicted molar refractivity (Wildman–Crippen MR) is 72.8 cm³/mol. The highest BCUT2D eigenvalue weighted by atomic mass is 35.5. The second-order valence-corrected chi connectivity index (χ2v) is 4.75. The van der Waals surface area contributed by atoms with Crippen LogP contribution in [0.2, 0.25) is 5.02 Å². The van der Waals surface area contributed by atoms with Gasteiger partial charge in [-0.25, -0.2) is 8.78 Å². The Bertz CT molecular complexity index is 595. The highest BCUT2D eigenvalue weighted by Gasteiger charge is 2.13. The molecule has 0 saturated heterocycles. The van der Waals surface area contributed by atoms with E-state index in [9.17, 15) is 13.9 Å². The largest absolute Gasteiger partial charge is 0.488 e. The molecule has 2 aromatic carbocycles. The molecule has 0 unspecified atom stereocenters. The van der Waals surface area contributed by atoms with Crippen LogP contribution >= 0.6 is 11.6 Å². The van der Waals surface area contributed by atoms with Crippen molar-refractivity contribution in [3.05, 3.63) is 64.2 Å². The molecular formula is C15H13ClF2O2. The van der Waals surface area contributed by atoms with E-state index in [1.165, 1.54) is 37.3 Å². The van der Waals surface area contributed by atoms with E-state index in [0.717, 1.165) is 0 Å². The van der Waals surface area contributed by atoms with Crippen LogP contribution in [0.1, 0.15) is 24.2 Å². The van der Waals surface area contributed by atoms with Crippen LogP contribution in [0.3, 0.4) is 0 Å². The summed E-state index contributed by atoms with van der Waals surface area (Å²) in [4.78, 5) is 0. The van der Waals surface area contributed by atoms with Gasteiger partial charge in [-0.2, -0.15) is 0 Å². The summed E-state index contributed by atoms with van der Waals surface area (Å²) in [6, 6.07) is 8.13. The Morgan fingerprint density at radius 3 is 2.65 bits per heavy atom. The van der Waals surface area contributed by atoms with Gasteiger partial charge in [0.2, 0.25) is 0 Å². The summed E-state index contributed by atoms with van der Waals surface area (Å²) in [5.74, 6) is -0.656. The Kier molecular flexibility index (Phi) is 4.57. The molecular weight excluding hydrogens is 286 g/mol. The van der Waals surface area contributed by atoms with Gasteiger partial charge in [0.15, 0.2) is 0 Å². The van der Waals surface area contributed by atoms with Gasteiger partial charge in [-0.05, 0) is 37.3 Å². The van der Waals surface area contributed by atoms with Crippen molar-refractivity contribution < 1.29 is 18.6 Å². The molecule has 2 aromatic rings. The normalized spacial score (nSPS) is 12.2. The Hall–Kier alpha value is -1.65. The van der Waals surface area contributed by atoms with Gasteiger partial charge in [0.25, 0.3) is 0 Å². The third kappa shape index (κ3) is 3.26. The molecule has 0 bridgehead atoms. The van der Waals surface area contributed by atoms with Gasteiger partial charge in [-0.3, -0.25) is 0 Å². The highest BCUT2D eigenvalue weighted by Crippen LogP contribution is 2.28. The first-order valence-electron chi connectivity index (χ1n) is 6.02. The Labute approximate surface area is 120 Å². The molecule has 0 saturated carbocycles. The van der Waals surface area contributed by atoms with Crippen molar-refractivity contribution in [3.8, 4) is 5.75 Å². The van der Waals surface area contributed by atoms with Crippen molar-refractivity contribution in [2.24, 2.45) is 0 Å². The fourth-order valence-corrected chi connectivity index (χ4v) is 2.01. The van der Waals surface area contributed by atoms with E-state index in [2.05, 4.69) is 0 Å². The molecule has 1 N–H and O–H groups in total. The lowest BCUT2D eigenvalue weighted by Gasteiger charge is -2.14. The number of hydrogen-bond donors (Lipinski definition) is 1. The van der Waals surface area contributed by atoms with Crippen molar-refractivity contribution in [3.63, 3.8) is 0 Å². The quantitative estimate of drug-likeness (QED) is 0.914. The Morgan fingerprint density at radius 1 is 1.25 bits per heavy atom. The van der Waals surface area contributed by atoms with Crippen LogP contribution in [-0.4, -0.2) is 5.11 Å². The van der Waals surface area contributed by atoms with Gasteiger partial charge in [0, 0.05) is 11.1 Å². The molecule has 20 heavy (non-hydrogen) atoms. The molecule has 0 fully saturated rings. The molecule has 5 heteroatoms. The molecule has 0 aliphatic heterocycles. The van der Waals surface area contributed by atoms with E-state index in [4.69, 9.17) is 16.3 Å². The van der Waals surface area contributed by atoms with Crippen molar-refractivity contribution in [2.45, 2.75) is 19.6 Å². The summed E-state index contributed by atoms with van der Waals surface area (Å²) >= 11 is 5.89. The SMILES string of the molecule is C[C@H](O)c1cc(F)ccc1OCc1c(F)cccc1Cl. The second kappa shape index (κ2) is 6.20. The minimum Gasteiger partial charge on any atom is -0.488 e. The first-order chi connectivity index (χ1) is 9.49. The lowest BCUT2D eigenvalue weighted by atomic mass is 10.1. The van der Waals surface area contributed by atoms with E-state index in [0.29, 0.717) is 11.3 Å². The van der Waals surface area contributed by atoms with Crippen LogP contribution in [0.5, 0.6) is 5.75 Å². The van der Waals surface area contributed by atoms with Crippen molar-refractivity contribution in [1.82, 2.24) is 0 Å². The van der Waals surface area contributed by atoms with Crippen molar-refractivity contribution >= 4 is 11.6 Å². The fraction of sp³-hybridized carbons (Fsp3) is 0.200. The van der Waals surface area contributed by atoms with Gasteiger partial charge in [-0.15, -0.1) is 0 Å². The molecule has 0 aromatic heterocycles. The number of hydrogen-bond acceptors (Lipinski definition) is 2. The Balaban J connectivity index is 2.23. The van der Waals surface area contributed by atoms with E-state index in [1.54, 1.807) is 6.07 Å². The minimum atomic E-state index is -0.892. The number of halogens is 3. The van der Waals surface area contributed by atoms with E-state index in [-0.39, 0.29) is 17.2 Å². The number of ether oxygens (including phenoxy) is 1. The molecule has 0 aliphatic rings. The van der Waals surface area contributed by atoms with E-state index < -0.39 is 17.7 Å².